The summed E-state index contributed by atoms with van der Waals surface area (Å²) in [6.07, 6.45) is 3.33. The number of hydrogen-bond donors (Lipinski definition) is 0. The zero-order valence-electron chi connectivity index (χ0n) is 12.0. The highest BCUT2D eigenvalue weighted by Crippen LogP contribution is 2.22. The Kier molecular flexibility index (Phi) is 8.04. The molecule has 21 heavy (non-hydrogen) atoms. The van der Waals surface area contributed by atoms with Crippen molar-refractivity contribution in [1.29, 1.82) is 0 Å². The first-order valence-corrected chi connectivity index (χ1v) is 7.54. The van der Waals surface area contributed by atoms with Gasteiger partial charge in [0, 0.05) is 31.2 Å². The SMILES string of the molecule is COCCN(CCC(=O)OC)C(=O)/C=C/c1ccc(Cl)s1. The molecule has 5 nitrogen and oxygen atoms in total. The summed E-state index contributed by atoms with van der Waals surface area (Å²) in [7, 11) is 2.89. The molecule has 1 aromatic rings. The number of carbonyl (C=O) groups is 2. The van der Waals surface area contributed by atoms with E-state index in [0.717, 1.165) is 4.88 Å². The van der Waals surface area contributed by atoms with E-state index in [9.17, 15) is 9.59 Å². The van der Waals surface area contributed by atoms with E-state index in [1.54, 1.807) is 24.2 Å². The lowest BCUT2D eigenvalue weighted by molar-refractivity contribution is -0.141. The first-order valence-electron chi connectivity index (χ1n) is 6.35. The van der Waals surface area contributed by atoms with Crippen LogP contribution in [0.2, 0.25) is 4.34 Å². The maximum Gasteiger partial charge on any atom is 0.307 e. The molecule has 0 aliphatic heterocycles. The highest BCUT2D eigenvalue weighted by Gasteiger charge is 2.12. The van der Waals surface area contributed by atoms with Gasteiger partial charge in [0.1, 0.15) is 0 Å². The van der Waals surface area contributed by atoms with Crippen LogP contribution in [0.15, 0.2) is 18.2 Å². The highest BCUT2D eigenvalue weighted by molar-refractivity contribution is 7.17. The maximum atomic E-state index is 12.1. The van der Waals surface area contributed by atoms with Gasteiger partial charge in [-0.25, -0.2) is 0 Å². The van der Waals surface area contributed by atoms with Crippen molar-refractivity contribution in [3.63, 3.8) is 0 Å². The fourth-order valence-corrected chi connectivity index (χ4v) is 2.50. The quantitative estimate of drug-likeness (QED) is 0.542. The molecule has 116 valence electrons. The number of rotatable bonds is 8. The van der Waals surface area contributed by atoms with Crippen LogP contribution in [0.25, 0.3) is 6.08 Å². The maximum absolute atomic E-state index is 12.1. The Labute approximate surface area is 133 Å². The molecule has 0 aromatic carbocycles. The molecular weight excluding hydrogens is 314 g/mol. The van der Waals surface area contributed by atoms with E-state index < -0.39 is 0 Å². The molecular formula is C14H18ClNO4S. The van der Waals surface area contributed by atoms with E-state index >= 15 is 0 Å². The van der Waals surface area contributed by atoms with Crippen molar-refractivity contribution < 1.29 is 19.1 Å². The molecule has 0 aliphatic rings. The van der Waals surface area contributed by atoms with Gasteiger partial charge >= 0.3 is 5.97 Å². The topological polar surface area (TPSA) is 55.8 Å². The summed E-state index contributed by atoms with van der Waals surface area (Å²) in [4.78, 5) is 25.7. The zero-order valence-corrected chi connectivity index (χ0v) is 13.6. The van der Waals surface area contributed by atoms with Gasteiger partial charge in [-0.1, -0.05) is 11.6 Å². The molecule has 0 atom stereocenters. The van der Waals surface area contributed by atoms with Gasteiger partial charge in [-0.15, -0.1) is 11.3 Å². The Bertz CT molecular complexity index is 501. The van der Waals surface area contributed by atoms with E-state index in [0.29, 0.717) is 24.0 Å². The molecule has 0 unspecified atom stereocenters. The van der Waals surface area contributed by atoms with E-state index in [-0.39, 0.29) is 18.3 Å². The van der Waals surface area contributed by atoms with Crippen LogP contribution in [0.3, 0.4) is 0 Å². The van der Waals surface area contributed by atoms with Crippen molar-refractivity contribution in [2.45, 2.75) is 6.42 Å². The van der Waals surface area contributed by atoms with Crippen LogP contribution in [0.1, 0.15) is 11.3 Å². The van der Waals surface area contributed by atoms with Crippen molar-refractivity contribution in [2.75, 3.05) is 33.9 Å². The lowest BCUT2D eigenvalue weighted by atomic mass is 10.3. The van der Waals surface area contributed by atoms with Crippen LogP contribution in [0.5, 0.6) is 0 Å². The molecule has 0 spiro atoms. The highest BCUT2D eigenvalue weighted by atomic mass is 35.5. The summed E-state index contributed by atoms with van der Waals surface area (Å²) in [5.41, 5.74) is 0. The fraction of sp³-hybridized carbons (Fsp3) is 0.429. The Hall–Kier alpha value is -1.37. The van der Waals surface area contributed by atoms with Crippen LogP contribution in [0.4, 0.5) is 0 Å². The number of halogens is 1. The number of hydrogen-bond acceptors (Lipinski definition) is 5. The van der Waals surface area contributed by atoms with Crippen molar-refractivity contribution in [1.82, 2.24) is 4.90 Å². The van der Waals surface area contributed by atoms with Crippen LogP contribution >= 0.6 is 22.9 Å². The van der Waals surface area contributed by atoms with Gasteiger partial charge in [-0.3, -0.25) is 9.59 Å². The van der Waals surface area contributed by atoms with Crippen LogP contribution in [0, 0.1) is 0 Å². The third kappa shape index (κ3) is 6.75. The monoisotopic (exact) mass is 331 g/mol. The summed E-state index contributed by atoms with van der Waals surface area (Å²) < 4.78 is 10.2. The largest absolute Gasteiger partial charge is 0.469 e. The van der Waals surface area contributed by atoms with Crippen molar-refractivity contribution >= 4 is 40.9 Å². The summed E-state index contributed by atoms with van der Waals surface area (Å²) >= 11 is 7.22. The summed E-state index contributed by atoms with van der Waals surface area (Å²) in [6.45, 7) is 1.12. The van der Waals surface area contributed by atoms with Gasteiger partial charge in [0.2, 0.25) is 5.91 Å². The first kappa shape index (κ1) is 17.7. The Balaban J connectivity index is 2.60. The van der Waals surface area contributed by atoms with Gasteiger partial charge < -0.3 is 14.4 Å². The minimum atomic E-state index is -0.348. The lowest BCUT2D eigenvalue weighted by Gasteiger charge is -2.20. The minimum absolute atomic E-state index is 0.157. The summed E-state index contributed by atoms with van der Waals surface area (Å²) in [5, 5.41) is 0. The average molecular weight is 332 g/mol. The molecule has 0 fully saturated rings. The fourth-order valence-electron chi connectivity index (χ4n) is 1.54. The molecule has 0 aliphatic carbocycles. The molecule has 0 bridgehead atoms. The number of methoxy groups -OCH3 is 2. The van der Waals surface area contributed by atoms with Crippen LogP contribution in [-0.2, 0) is 19.1 Å². The third-order valence-electron chi connectivity index (χ3n) is 2.67. The van der Waals surface area contributed by atoms with Crippen LogP contribution < -0.4 is 0 Å². The van der Waals surface area contributed by atoms with E-state index in [1.165, 1.54) is 24.5 Å². The standard InChI is InChI=1S/C14H18ClNO4S/c1-19-10-9-16(8-7-14(18)20-2)13(17)6-4-11-3-5-12(15)21-11/h3-6H,7-10H2,1-2H3/b6-4+. The summed E-state index contributed by atoms with van der Waals surface area (Å²) in [6, 6.07) is 3.61. The number of amides is 1. The van der Waals surface area contributed by atoms with Gasteiger partial charge in [0.05, 0.1) is 24.5 Å². The van der Waals surface area contributed by atoms with Gasteiger partial charge in [-0.05, 0) is 18.2 Å². The van der Waals surface area contributed by atoms with Crippen molar-refractivity contribution in [2.24, 2.45) is 0 Å². The van der Waals surface area contributed by atoms with Crippen molar-refractivity contribution in [3.05, 3.63) is 27.4 Å². The predicted octanol–water partition coefficient (Wildman–Crippen LogP) is 2.45. The zero-order chi connectivity index (χ0) is 15.7. The Morgan fingerprint density at radius 1 is 1.33 bits per heavy atom. The molecule has 1 heterocycles. The first-order chi connectivity index (χ1) is 10.1. The van der Waals surface area contributed by atoms with E-state index in [1.807, 2.05) is 6.07 Å². The predicted molar refractivity (Wildman–Crippen MR) is 83.5 cm³/mol. The second kappa shape index (κ2) is 9.55. The number of esters is 1. The summed E-state index contributed by atoms with van der Waals surface area (Å²) in [5.74, 6) is -0.528. The molecule has 0 N–H and O–H groups in total. The normalized spacial score (nSPS) is 10.8. The lowest BCUT2D eigenvalue weighted by Crippen LogP contribution is -2.34. The second-order valence-electron chi connectivity index (χ2n) is 4.12. The number of thiophene rings is 1. The molecule has 1 aromatic heterocycles. The number of ether oxygens (including phenoxy) is 2. The van der Waals surface area contributed by atoms with E-state index in [2.05, 4.69) is 4.74 Å². The van der Waals surface area contributed by atoms with Gasteiger partial charge in [0.15, 0.2) is 0 Å². The Morgan fingerprint density at radius 2 is 2.10 bits per heavy atom. The Morgan fingerprint density at radius 3 is 2.67 bits per heavy atom. The third-order valence-corrected chi connectivity index (χ3v) is 3.87. The number of nitrogens with zero attached hydrogens (tertiary/aromatic N) is 1. The van der Waals surface area contributed by atoms with Crippen LogP contribution in [-0.4, -0.2) is 50.7 Å². The van der Waals surface area contributed by atoms with Gasteiger partial charge in [-0.2, -0.15) is 0 Å². The van der Waals surface area contributed by atoms with Gasteiger partial charge in [0.25, 0.3) is 0 Å². The molecule has 0 saturated carbocycles. The minimum Gasteiger partial charge on any atom is -0.469 e. The average Bonchev–Trinajstić information content (AvgIpc) is 2.90. The molecule has 0 saturated heterocycles. The number of carbonyl (C=O) groups excluding carboxylic acids is 2. The van der Waals surface area contributed by atoms with E-state index in [4.69, 9.17) is 16.3 Å². The van der Waals surface area contributed by atoms with Crippen molar-refractivity contribution in [3.8, 4) is 0 Å². The smallest absolute Gasteiger partial charge is 0.307 e. The molecule has 0 radical (unpaired) electrons. The molecule has 7 heteroatoms. The molecule has 1 rings (SSSR count). The second-order valence-corrected chi connectivity index (χ2v) is 5.87. The molecule has 1 amide bonds.